The predicted molar refractivity (Wildman–Crippen MR) is 47.8 cm³/mol. The van der Waals surface area contributed by atoms with Gasteiger partial charge in [-0.05, 0) is 17.5 Å². The van der Waals surface area contributed by atoms with Crippen molar-refractivity contribution in [3.63, 3.8) is 0 Å². The molecule has 0 aromatic heterocycles. The molecule has 0 aliphatic carbocycles. The minimum Gasteiger partial charge on any atom is -0.767 e. The zero-order valence-corrected chi connectivity index (χ0v) is 7.99. The highest BCUT2D eigenvalue weighted by Crippen LogP contribution is 2.14. The van der Waals surface area contributed by atoms with Crippen molar-refractivity contribution in [2.24, 2.45) is 10.3 Å². The van der Waals surface area contributed by atoms with Crippen LogP contribution >= 0.6 is 0 Å². The molecular weight excluding hydrogens is 194 g/mol. The fourth-order valence-corrected chi connectivity index (χ4v) is 1.74. The molecule has 1 aliphatic rings. The maximum absolute atomic E-state index is 10.6. The van der Waals surface area contributed by atoms with Crippen molar-refractivity contribution in [2.45, 2.75) is 18.9 Å². The van der Waals surface area contributed by atoms with Crippen LogP contribution in [0, 0.1) is 4.91 Å². The number of rotatable bonds is 2. The van der Waals surface area contributed by atoms with Crippen LogP contribution in [-0.4, -0.2) is 38.4 Å². The lowest BCUT2D eigenvalue weighted by Crippen LogP contribution is -2.34. The molecule has 6 nitrogen and oxygen atoms in total. The van der Waals surface area contributed by atoms with Crippen molar-refractivity contribution in [3.05, 3.63) is 4.91 Å². The Hall–Kier alpha value is -0.820. The van der Waals surface area contributed by atoms with Gasteiger partial charge in [0, 0.05) is 20.0 Å². The van der Waals surface area contributed by atoms with Crippen molar-refractivity contribution in [1.82, 2.24) is 5.01 Å². The molecule has 1 heterocycles. The van der Waals surface area contributed by atoms with Crippen LogP contribution in [0.4, 0.5) is 0 Å². The van der Waals surface area contributed by atoms with Gasteiger partial charge in [-0.15, -0.1) is 4.91 Å². The van der Waals surface area contributed by atoms with Gasteiger partial charge in [-0.2, -0.15) is 0 Å². The van der Waals surface area contributed by atoms with Crippen molar-refractivity contribution < 1.29 is 8.76 Å². The summed E-state index contributed by atoms with van der Waals surface area (Å²) in [6.45, 7) is 0.438. The maximum atomic E-state index is 10.6. The first-order valence-corrected chi connectivity index (χ1v) is 4.91. The van der Waals surface area contributed by atoms with E-state index in [4.69, 9.17) is 0 Å². The van der Waals surface area contributed by atoms with E-state index in [0.717, 1.165) is 0 Å². The third-order valence-corrected chi connectivity index (χ3v) is 2.69. The van der Waals surface area contributed by atoms with Gasteiger partial charge >= 0.3 is 0 Å². The van der Waals surface area contributed by atoms with E-state index in [9.17, 15) is 13.7 Å². The zero-order valence-electron chi connectivity index (χ0n) is 7.17. The topological polar surface area (TPSA) is 85.2 Å². The van der Waals surface area contributed by atoms with Crippen molar-refractivity contribution in [1.29, 1.82) is 0 Å². The first-order chi connectivity index (χ1) is 6.15. The van der Waals surface area contributed by atoms with Gasteiger partial charge in [0.05, 0.1) is 16.4 Å². The maximum Gasteiger partial charge on any atom is 0.0868 e. The number of hydrogen-bond donors (Lipinski definition) is 0. The van der Waals surface area contributed by atoms with E-state index in [0.29, 0.717) is 13.0 Å². The fraction of sp³-hybridized carbons (Fsp3) is 0.833. The van der Waals surface area contributed by atoms with Crippen LogP contribution in [0.5, 0.6) is 0 Å². The highest BCUT2D eigenvalue weighted by Gasteiger charge is 2.20. The van der Waals surface area contributed by atoms with Crippen LogP contribution in [0.3, 0.4) is 0 Å². The number of hydrogen-bond acceptors (Lipinski definition) is 5. The third kappa shape index (κ3) is 2.56. The van der Waals surface area contributed by atoms with E-state index in [1.807, 2.05) is 0 Å². The summed E-state index contributed by atoms with van der Waals surface area (Å²) < 4.78 is 21.1. The van der Waals surface area contributed by atoms with Gasteiger partial charge in [0.15, 0.2) is 0 Å². The summed E-state index contributed by atoms with van der Waals surface area (Å²) in [5, 5.41) is 4.10. The average molecular weight is 204 g/mol. The van der Waals surface area contributed by atoms with Crippen molar-refractivity contribution in [3.8, 4) is 0 Å². The van der Waals surface area contributed by atoms with Crippen LogP contribution in [-0.2, 0) is 11.1 Å². The second kappa shape index (κ2) is 4.43. The quantitative estimate of drug-likeness (QED) is 0.361. The molecule has 0 aromatic carbocycles. The number of nitroso groups, excluding NO2 is 1. The van der Waals surface area contributed by atoms with Gasteiger partial charge in [0.2, 0.25) is 0 Å². The van der Waals surface area contributed by atoms with Crippen LogP contribution in [0.1, 0.15) is 12.8 Å². The smallest absolute Gasteiger partial charge is 0.0868 e. The summed E-state index contributed by atoms with van der Waals surface area (Å²) in [6.07, 6.45) is 0.946. The van der Waals surface area contributed by atoms with Gasteiger partial charge in [0.1, 0.15) is 0 Å². The molecule has 0 amide bonds. The number of aliphatic imine (C=N–C) groups is 1. The van der Waals surface area contributed by atoms with Gasteiger partial charge in [-0.25, -0.2) is 0 Å². The Morgan fingerprint density at radius 3 is 3.00 bits per heavy atom. The average Bonchev–Trinajstić information content (AvgIpc) is 2.17. The molecule has 0 N–H and O–H groups in total. The Balaban J connectivity index is 2.62. The highest BCUT2D eigenvalue weighted by molar-refractivity contribution is 7.95. The Kier molecular flexibility index (Phi) is 3.49. The van der Waals surface area contributed by atoms with Gasteiger partial charge in [-0.3, -0.25) is 14.2 Å². The summed E-state index contributed by atoms with van der Waals surface area (Å²) in [6, 6.07) is -0.136. The molecule has 0 saturated carbocycles. The molecule has 74 valence electrons. The number of nitrogens with zero attached hydrogens (tertiary/aromatic N) is 3. The van der Waals surface area contributed by atoms with Crippen molar-refractivity contribution in [2.75, 3.05) is 13.6 Å². The molecule has 1 rings (SSSR count). The lowest BCUT2D eigenvalue weighted by Gasteiger charge is -2.26. The summed E-state index contributed by atoms with van der Waals surface area (Å²) >= 11 is -2.26. The molecule has 0 bridgehead atoms. The standard InChI is InChI=1S/C6H11N3O3S/c1-9(8-10)5-2-3-7-6(4-5)13(11)12/h5H,2-4H2,1H3,(H,11,12)/p-1. The van der Waals surface area contributed by atoms with E-state index in [-0.39, 0.29) is 17.5 Å². The van der Waals surface area contributed by atoms with Crippen LogP contribution < -0.4 is 0 Å². The monoisotopic (exact) mass is 204 g/mol. The van der Waals surface area contributed by atoms with E-state index >= 15 is 0 Å². The Morgan fingerprint density at radius 1 is 1.77 bits per heavy atom. The fourth-order valence-electron chi connectivity index (χ4n) is 1.21. The molecule has 2 atom stereocenters. The molecule has 0 saturated heterocycles. The lowest BCUT2D eigenvalue weighted by molar-refractivity contribution is 0.241. The minimum atomic E-state index is -2.26. The summed E-state index contributed by atoms with van der Waals surface area (Å²) in [5.74, 6) is 0. The first-order valence-electron chi connectivity index (χ1n) is 3.84. The molecule has 1 aliphatic heterocycles. The minimum absolute atomic E-state index is 0.131. The molecule has 0 fully saturated rings. The largest absolute Gasteiger partial charge is 0.767 e. The molecule has 0 aromatic rings. The molecule has 2 unspecified atom stereocenters. The molecule has 7 heteroatoms. The molecule has 13 heavy (non-hydrogen) atoms. The van der Waals surface area contributed by atoms with E-state index in [2.05, 4.69) is 10.3 Å². The normalized spacial score (nSPS) is 24.8. The predicted octanol–water partition coefficient (Wildman–Crippen LogP) is 0.0396. The lowest BCUT2D eigenvalue weighted by atomic mass is 10.1. The molecular formula is C6H10N3O3S-. The van der Waals surface area contributed by atoms with Crippen LogP contribution in [0.2, 0.25) is 0 Å². The van der Waals surface area contributed by atoms with Crippen LogP contribution in [0.15, 0.2) is 10.3 Å². The Bertz CT molecular complexity index is 256. The van der Waals surface area contributed by atoms with Gasteiger partial charge < -0.3 is 4.55 Å². The first kappa shape index (κ1) is 10.3. The highest BCUT2D eigenvalue weighted by atomic mass is 32.2. The molecule has 0 radical (unpaired) electrons. The Morgan fingerprint density at radius 2 is 2.46 bits per heavy atom. The summed E-state index contributed by atoms with van der Waals surface area (Å²) in [7, 11) is 1.54. The SMILES string of the molecule is CN(N=O)C1CCN=C(S(=O)[O-])C1. The van der Waals surface area contributed by atoms with Gasteiger partial charge in [-0.1, -0.05) is 0 Å². The van der Waals surface area contributed by atoms with Crippen molar-refractivity contribution >= 4 is 16.1 Å². The van der Waals surface area contributed by atoms with E-state index in [1.54, 1.807) is 0 Å². The second-order valence-electron chi connectivity index (χ2n) is 2.81. The van der Waals surface area contributed by atoms with Crippen LogP contribution in [0.25, 0.3) is 0 Å². The summed E-state index contributed by atoms with van der Waals surface area (Å²) in [4.78, 5) is 14.0. The zero-order chi connectivity index (χ0) is 9.84. The third-order valence-electron chi connectivity index (χ3n) is 2.01. The Labute approximate surface area is 78.3 Å². The molecule has 0 spiro atoms. The second-order valence-corrected chi connectivity index (χ2v) is 3.75. The summed E-state index contributed by atoms with van der Waals surface area (Å²) in [5.41, 5.74) is 0. The van der Waals surface area contributed by atoms with E-state index in [1.165, 1.54) is 12.1 Å². The van der Waals surface area contributed by atoms with E-state index < -0.39 is 11.1 Å². The van der Waals surface area contributed by atoms with Gasteiger partial charge in [0.25, 0.3) is 0 Å².